The first-order chi connectivity index (χ1) is 13.1. The number of hydrogen-bond acceptors (Lipinski definition) is 5. The van der Waals surface area contributed by atoms with Gasteiger partial charge in [0.1, 0.15) is 5.75 Å². The Morgan fingerprint density at radius 1 is 0.963 bits per heavy atom. The highest BCUT2D eigenvalue weighted by atomic mass is 16.5. The van der Waals surface area contributed by atoms with Crippen molar-refractivity contribution in [3.05, 3.63) is 54.1 Å². The minimum Gasteiger partial charge on any atom is -0.496 e. The molecule has 1 amide bonds. The lowest BCUT2D eigenvalue weighted by molar-refractivity contribution is -0.136. The lowest BCUT2D eigenvalue weighted by Crippen LogP contribution is -2.50. The van der Waals surface area contributed by atoms with Crippen molar-refractivity contribution in [2.45, 2.75) is 6.04 Å². The van der Waals surface area contributed by atoms with Crippen LogP contribution in [0, 0.1) is 0 Å². The fourth-order valence-electron chi connectivity index (χ4n) is 3.35. The number of hydrogen-bond donors (Lipinski definition) is 0. The quantitative estimate of drug-likeness (QED) is 0.782. The van der Waals surface area contributed by atoms with Crippen LogP contribution in [0.15, 0.2) is 48.5 Å². The smallest absolute Gasteiger partial charge is 0.260 e. The zero-order chi connectivity index (χ0) is 19.2. The fourth-order valence-corrected chi connectivity index (χ4v) is 3.35. The van der Waals surface area contributed by atoms with Crippen molar-refractivity contribution in [2.75, 3.05) is 47.5 Å². The summed E-state index contributed by atoms with van der Waals surface area (Å²) < 4.78 is 16.5. The third-order valence-corrected chi connectivity index (χ3v) is 4.92. The summed E-state index contributed by atoms with van der Waals surface area (Å²) in [5.41, 5.74) is 1.09. The van der Waals surface area contributed by atoms with E-state index in [9.17, 15) is 4.79 Å². The second-order valence-electron chi connectivity index (χ2n) is 6.52. The second kappa shape index (κ2) is 8.77. The number of benzene rings is 2. The Balaban J connectivity index is 1.67. The van der Waals surface area contributed by atoms with Crippen LogP contribution in [-0.4, -0.2) is 63.2 Å². The molecular weight excluding hydrogens is 344 g/mol. The van der Waals surface area contributed by atoms with Crippen molar-refractivity contribution >= 4 is 5.91 Å². The molecule has 0 bridgehead atoms. The van der Waals surface area contributed by atoms with Gasteiger partial charge in [-0.1, -0.05) is 30.3 Å². The van der Waals surface area contributed by atoms with E-state index in [1.807, 2.05) is 41.3 Å². The first kappa shape index (κ1) is 19.0. The molecule has 0 aromatic heterocycles. The van der Waals surface area contributed by atoms with Crippen molar-refractivity contribution < 1.29 is 19.0 Å². The van der Waals surface area contributed by atoms with Crippen LogP contribution in [0.1, 0.15) is 11.6 Å². The maximum absolute atomic E-state index is 12.7. The number of para-hydroxylation sites is 3. The van der Waals surface area contributed by atoms with Gasteiger partial charge in [0.05, 0.1) is 20.3 Å². The summed E-state index contributed by atoms with van der Waals surface area (Å²) in [4.78, 5) is 16.8. The van der Waals surface area contributed by atoms with Crippen LogP contribution < -0.4 is 14.2 Å². The average molecular weight is 370 g/mol. The summed E-state index contributed by atoms with van der Waals surface area (Å²) in [6.45, 7) is 2.06. The van der Waals surface area contributed by atoms with Crippen LogP contribution in [0.5, 0.6) is 17.2 Å². The SMILES string of the molecule is COc1ccccc1OCC(=O)N1CCN(C)C(c2ccccc2OC)C1. The monoisotopic (exact) mass is 370 g/mol. The lowest BCUT2D eigenvalue weighted by Gasteiger charge is -2.40. The number of carbonyl (C=O) groups excluding carboxylic acids is 1. The largest absolute Gasteiger partial charge is 0.496 e. The molecule has 1 heterocycles. The van der Waals surface area contributed by atoms with E-state index in [-0.39, 0.29) is 18.6 Å². The number of ether oxygens (including phenoxy) is 3. The van der Waals surface area contributed by atoms with E-state index in [1.54, 1.807) is 20.3 Å². The Bertz CT molecular complexity index is 780. The molecule has 6 heteroatoms. The lowest BCUT2D eigenvalue weighted by atomic mass is 10.0. The molecule has 3 rings (SSSR count). The van der Waals surface area contributed by atoms with Gasteiger partial charge in [-0.15, -0.1) is 0 Å². The Morgan fingerprint density at radius 3 is 2.30 bits per heavy atom. The van der Waals surface area contributed by atoms with Gasteiger partial charge in [0.15, 0.2) is 18.1 Å². The van der Waals surface area contributed by atoms with E-state index in [1.165, 1.54) is 0 Å². The van der Waals surface area contributed by atoms with Crippen LogP contribution in [0.2, 0.25) is 0 Å². The number of piperazine rings is 1. The molecule has 0 spiro atoms. The zero-order valence-corrected chi connectivity index (χ0v) is 16.1. The molecule has 2 aromatic rings. The maximum Gasteiger partial charge on any atom is 0.260 e. The molecule has 0 N–H and O–H groups in total. The van der Waals surface area contributed by atoms with Gasteiger partial charge in [0, 0.05) is 25.2 Å². The normalized spacial score (nSPS) is 17.4. The summed E-state index contributed by atoms with van der Waals surface area (Å²) in [5, 5.41) is 0. The van der Waals surface area contributed by atoms with Crippen molar-refractivity contribution in [3.8, 4) is 17.2 Å². The van der Waals surface area contributed by atoms with Gasteiger partial charge in [-0.2, -0.15) is 0 Å². The summed E-state index contributed by atoms with van der Waals surface area (Å²) in [6.07, 6.45) is 0. The van der Waals surface area contributed by atoms with Crippen molar-refractivity contribution in [1.29, 1.82) is 0 Å². The highest BCUT2D eigenvalue weighted by Crippen LogP contribution is 2.31. The molecule has 1 aliphatic heterocycles. The van der Waals surface area contributed by atoms with E-state index in [4.69, 9.17) is 14.2 Å². The number of amides is 1. The molecule has 1 saturated heterocycles. The molecule has 1 atom stereocenters. The Kier molecular flexibility index (Phi) is 6.19. The fraction of sp³-hybridized carbons (Fsp3) is 0.381. The van der Waals surface area contributed by atoms with Gasteiger partial charge in [-0.05, 0) is 25.2 Å². The van der Waals surface area contributed by atoms with Crippen LogP contribution in [0.3, 0.4) is 0 Å². The van der Waals surface area contributed by atoms with E-state index < -0.39 is 0 Å². The molecule has 6 nitrogen and oxygen atoms in total. The van der Waals surface area contributed by atoms with E-state index in [2.05, 4.69) is 18.0 Å². The van der Waals surface area contributed by atoms with Crippen LogP contribution in [-0.2, 0) is 4.79 Å². The molecule has 2 aromatic carbocycles. The van der Waals surface area contributed by atoms with E-state index >= 15 is 0 Å². The topological polar surface area (TPSA) is 51.2 Å². The van der Waals surface area contributed by atoms with Crippen LogP contribution >= 0.6 is 0 Å². The summed E-state index contributed by atoms with van der Waals surface area (Å²) in [7, 11) is 5.33. The van der Waals surface area contributed by atoms with E-state index in [0.29, 0.717) is 24.6 Å². The molecule has 1 unspecified atom stereocenters. The maximum atomic E-state index is 12.7. The zero-order valence-electron chi connectivity index (χ0n) is 16.1. The van der Waals surface area contributed by atoms with Gasteiger partial charge in [-0.25, -0.2) is 0 Å². The third kappa shape index (κ3) is 4.34. The molecule has 1 aliphatic rings. The minimum absolute atomic E-state index is 0.0112. The van der Waals surface area contributed by atoms with Gasteiger partial charge in [0.2, 0.25) is 0 Å². The Labute approximate surface area is 160 Å². The number of methoxy groups -OCH3 is 2. The van der Waals surface area contributed by atoms with Gasteiger partial charge < -0.3 is 19.1 Å². The summed E-state index contributed by atoms with van der Waals surface area (Å²) >= 11 is 0. The summed E-state index contributed by atoms with van der Waals surface area (Å²) in [5.74, 6) is 2.00. The number of rotatable bonds is 6. The molecule has 0 aliphatic carbocycles. The first-order valence-corrected chi connectivity index (χ1v) is 9.00. The predicted molar refractivity (Wildman–Crippen MR) is 103 cm³/mol. The number of likely N-dealkylation sites (N-methyl/N-ethyl adjacent to an activating group) is 1. The Morgan fingerprint density at radius 2 is 1.59 bits per heavy atom. The molecular formula is C21H26N2O4. The van der Waals surface area contributed by atoms with Crippen molar-refractivity contribution in [1.82, 2.24) is 9.80 Å². The number of nitrogens with zero attached hydrogens (tertiary/aromatic N) is 2. The molecule has 0 radical (unpaired) electrons. The van der Waals surface area contributed by atoms with Crippen molar-refractivity contribution in [3.63, 3.8) is 0 Å². The predicted octanol–water partition coefficient (Wildman–Crippen LogP) is 2.60. The molecule has 0 saturated carbocycles. The van der Waals surface area contributed by atoms with Crippen LogP contribution in [0.25, 0.3) is 0 Å². The van der Waals surface area contributed by atoms with Gasteiger partial charge in [-0.3, -0.25) is 9.69 Å². The highest BCUT2D eigenvalue weighted by molar-refractivity contribution is 5.78. The highest BCUT2D eigenvalue weighted by Gasteiger charge is 2.30. The van der Waals surface area contributed by atoms with Gasteiger partial charge >= 0.3 is 0 Å². The van der Waals surface area contributed by atoms with E-state index in [0.717, 1.165) is 17.9 Å². The van der Waals surface area contributed by atoms with Gasteiger partial charge in [0.25, 0.3) is 5.91 Å². The molecule has 144 valence electrons. The molecule has 1 fully saturated rings. The second-order valence-corrected chi connectivity index (χ2v) is 6.52. The standard InChI is InChI=1S/C21H26N2O4/c1-22-12-13-23(14-17(22)16-8-4-5-9-18(16)25-2)21(24)15-27-20-11-7-6-10-19(20)26-3/h4-11,17H,12-15H2,1-3H3. The summed E-state index contributed by atoms with van der Waals surface area (Å²) in [6, 6.07) is 15.4. The Hall–Kier alpha value is -2.73. The van der Waals surface area contributed by atoms with Crippen LogP contribution in [0.4, 0.5) is 0 Å². The number of carbonyl (C=O) groups is 1. The average Bonchev–Trinajstić information content (AvgIpc) is 2.72. The first-order valence-electron chi connectivity index (χ1n) is 9.00. The third-order valence-electron chi connectivity index (χ3n) is 4.92. The molecule has 27 heavy (non-hydrogen) atoms. The minimum atomic E-state index is -0.0334. The van der Waals surface area contributed by atoms with Crippen molar-refractivity contribution in [2.24, 2.45) is 0 Å².